The van der Waals surface area contributed by atoms with Crippen molar-refractivity contribution in [2.24, 2.45) is 5.92 Å². The first kappa shape index (κ1) is 17.2. The smallest absolute Gasteiger partial charge is 0.410 e. The van der Waals surface area contributed by atoms with Crippen LogP contribution in [0.25, 0.3) is 0 Å². The van der Waals surface area contributed by atoms with Crippen molar-refractivity contribution in [1.29, 1.82) is 0 Å². The molecule has 1 amide bonds. The number of hydrogen-bond donors (Lipinski definition) is 0. The van der Waals surface area contributed by atoms with Crippen LogP contribution in [-0.4, -0.2) is 53.2 Å². The minimum atomic E-state index is -0.425. The molecule has 1 aliphatic rings. The van der Waals surface area contributed by atoms with Crippen LogP contribution in [0.5, 0.6) is 0 Å². The molecule has 6 heteroatoms. The van der Waals surface area contributed by atoms with Crippen molar-refractivity contribution < 1.29 is 9.53 Å². The Bertz CT molecular complexity index is 484. The molecule has 5 nitrogen and oxygen atoms in total. The van der Waals surface area contributed by atoms with Crippen molar-refractivity contribution in [3.8, 4) is 0 Å². The Labute approximate surface area is 137 Å². The van der Waals surface area contributed by atoms with E-state index in [2.05, 4.69) is 23.9 Å². The molecule has 22 heavy (non-hydrogen) atoms. The van der Waals surface area contributed by atoms with Crippen LogP contribution in [0.3, 0.4) is 0 Å². The quantitative estimate of drug-likeness (QED) is 0.851. The summed E-state index contributed by atoms with van der Waals surface area (Å²) in [6.07, 6.45) is 2.70. The van der Waals surface area contributed by atoms with Gasteiger partial charge >= 0.3 is 6.09 Å². The topological polar surface area (TPSA) is 45.7 Å². The minimum absolute atomic E-state index is 0.189. The number of carbonyl (C=O) groups excluding carboxylic acids is 1. The van der Waals surface area contributed by atoms with Crippen molar-refractivity contribution in [2.45, 2.75) is 45.8 Å². The van der Waals surface area contributed by atoms with Crippen molar-refractivity contribution in [2.75, 3.05) is 26.7 Å². The molecule has 1 saturated heterocycles. The maximum Gasteiger partial charge on any atom is 0.410 e. The molecule has 1 fully saturated rings. The number of likely N-dealkylation sites (tertiary alicyclic amines) is 1. The molecule has 2 rings (SSSR count). The second-order valence-corrected chi connectivity index (χ2v) is 7.99. The summed E-state index contributed by atoms with van der Waals surface area (Å²) in [7, 11) is 2.13. The molecular formula is C16H27N3O2S. The summed E-state index contributed by atoms with van der Waals surface area (Å²) >= 11 is 1.69. The van der Waals surface area contributed by atoms with Crippen molar-refractivity contribution in [3.63, 3.8) is 0 Å². The Balaban J connectivity index is 1.82. The zero-order valence-electron chi connectivity index (χ0n) is 14.2. The van der Waals surface area contributed by atoms with Crippen LogP contribution in [0.2, 0.25) is 0 Å². The lowest BCUT2D eigenvalue weighted by atomic mass is 10.1. The standard InChI is InChI=1S/C16H27N3O2S/c1-12(14-17-7-9-22-14)18(5)10-13-6-8-19(11-13)15(20)21-16(2,3)4/h7,9,12-13H,6,8,10-11H2,1-5H3. The number of hydrogen-bond acceptors (Lipinski definition) is 5. The summed E-state index contributed by atoms with van der Waals surface area (Å²) in [6, 6.07) is 0.315. The lowest BCUT2D eigenvalue weighted by molar-refractivity contribution is 0.0285. The van der Waals surface area contributed by atoms with E-state index >= 15 is 0 Å². The molecule has 0 aromatic carbocycles. The average Bonchev–Trinajstić information content (AvgIpc) is 3.06. The van der Waals surface area contributed by atoms with Gasteiger partial charge in [-0.2, -0.15) is 0 Å². The van der Waals surface area contributed by atoms with Gasteiger partial charge in [0.25, 0.3) is 0 Å². The summed E-state index contributed by atoms with van der Waals surface area (Å²) in [4.78, 5) is 20.6. The number of carbonyl (C=O) groups is 1. The third-order valence-corrected chi connectivity index (χ3v) is 4.90. The molecule has 0 bridgehead atoms. The van der Waals surface area contributed by atoms with Gasteiger partial charge in [0.05, 0.1) is 6.04 Å². The van der Waals surface area contributed by atoms with E-state index in [1.165, 1.54) is 0 Å². The normalized spacial score (nSPS) is 20.5. The summed E-state index contributed by atoms with van der Waals surface area (Å²) in [5.41, 5.74) is -0.425. The van der Waals surface area contributed by atoms with Gasteiger partial charge in [-0.05, 0) is 47.1 Å². The van der Waals surface area contributed by atoms with E-state index in [0.29, 0.717) is 12.0 Å². The van der Waals surface area contributed by atoms with Crippen molar-refractivity contribution in [3.05, 3.63) is 16.6 Å². The molecule has 2 atom stereocenters. The van der Waals surface area contributed by atoms with Crippen LogP contribution in [0.1, 0.15) is 45.2 Å². The summed E-state index contributed by atoms with van der Waals surface area (Å²) < 4.78 is 5.45. The number of amides is 1. The Kier molecular flexibility index (Phi) is 5.45. The Morgan fingerprint density at radius 3 is 2.91 bits per heavy atom. The molecule has 0 saturated carbocycles. The SMILES string of the molecule is CC(c1nccs1)N(C)CC1CCN(C(=O)OC(C)(C)C)C1. The van der Waals surface area contributed by atoms with E-state index in [1.807, 2.05) is 37.2 Å². The summed E-state index contributed by atoms with van der Waals surface area (Å²) in [5.74, 6) is 0.500. The first-order valence-corrected chi connectivity index (χ1v) is 8.72. The van der Waals surface area contributed by atoms with Gasteiger partial charge in [-0.3, -0.25) is 4.90 Å². The minimum Gasteiger partial charge on any atom is -0.444 e. The van der Waals surface area contributed by atoms with Crippen molar-refractivity contribution in [1.82, 2.24) is 14.8 Å². The third-order valence-electron chi connectivity index (χ3n) is 3.95. The summed E-state index contributed by atoms with van der Waals surface area (Å²) in [5, 5.41) is 3.16. The fourth-order valence-electron chi connectivity index (χ4n) is 2.67. The van der Waals surface area contributed by atoms with Crippen LogP contribution in [0.4, 0.5) is 4.79 Å². The van der Waals surface area contributed by atoms with E-state index in [9.17, 15) is 4.79 Å². The molecule has 1 aliphatic heterocycles. The fraction of sp³-hybridized carbons (Fsp3) is 0.750. The Morgan fingerprint density at radius 1 is 1.59 bits per heavy atom. The molecular weight excluding hydrogens is 298 g/mol. The highest BCUT2D eigenvalue weighted by Crippen LogP contribution is 2.25. The van der Waals surface area contributed by atoms with Gasteiger partial charge in [-0.25, -0.2) is 9.78 Å². The summed E-state index contributed by atoms with van der Waals surface area (Å²) in [6.45, 7) is 10.4. The highest BCUT2D eigenvalue weighted by Gasteiger charge is 2.31. The second kappa shape index (κ2) is 6.96. The van der Waals surface area contributed by atoms with Gasteiger partial charge in [0.2, 0.25) is 0 Å². The first-order valence-electron chi connectivity index (χ1n) is 7.84. The zero-order chi connectivity index (χ0) is 16.3. The van der Waals surface area contributed by atoms with E-state index < -0.39 is 5.60 Å². The largest absolute Gasteiger partial charge is 0.444 e. The number of ether oxygens (including phenoxy) is 1. The van der Waals surface area contributed by atoms with E-state index in [1.54, 1.807) is 11.3 Å². The van der Waals surface area contributed by atoms with Gasteiger partial charge in [0.1, 0.15) is 10.6 Å². The number of aromatic nitrogens is 1. The van der Waals surface area contributed by atoms with Gasteiger partial charge in [0.15, 0.2) is 0 Å². The number of rotatable bonds is 4. The monoisotopic (exact) mass is 325 g/mol. The van der Waals surface area contributed by atoms with E-state index in [4.69, 9.17) is 4.74 Å². The highest BCUT2D eigenvalue weighted by atomic mass is 32.1. The van der Waals surface area contributed by atoms with Crippen LogP contribution in [0.15, 0.2) is 11.6 Å². The molecule has 2 heterocycles. The zero-order valence-corrected chi connectivity index (χ0v) is 15.0. The van der Waals surface area contributed by atoms with Gasteiger partial charge in [0, 0.05) is 31.2 Å². The fourth-order valence-corrected chi connectivity index (χ4v) is 3.43. The molecule has 0 radical (unpaired) electrons. The molecule has 0 spiro atoms. The number of nitrogens with zero attached hydrogens (tertiary/aromatic N) is 3. The lowest BCUT2D eigenvalue weighted by Crippen LogP contribution is -2.36. The molecule has 124 valence electrons. The maximum absolute atomic E-state index is 12.1. The lowest BCUT2D eigenvalue weighted by Gasteiger charge is -2.27. The van der Waals surface area contributed by atoms with Crippen molar-refractivity contribution >= 4 is 17.4 Å². The predicted octanol–water partition coefficient (Wildman–Crippen LogP) is 3.39. The second-order valence-electron chi connectivity index (χ2n) is 7.07. The van der Waals surface area contributed by atoms with Gasteiger partial charge in [-0.1, -0.05) is 0 Å². The van der Waals surface area contributed by atoms with Crippen LogP contribution in [-0.2, 0) is 4.74 Å². The van der Waals surface area contributed by atoms with Gasteiger partial charge in [-0.15, -0.1) is 11.3 Å². The third kappa shape index (κ3) is 4.68. The number of thiazole rings is 1. The molecule has 1 aromatic rings. The highest BCUT2D eigenvalue weighted by molar-refractivity contribution is 7.09. The van der Waals surface area contributed by atoms with Crippen LogP contribution in [0, 0.1) is 5.92 Å². The Hall–Kier alpha value is -1.14. The van der Waals surface area contributed by atoms with E-state index in [-0.39, 0.29) is 6.09 Å². The molecule has 0 aliphatic carbocycles. The van der Waals surface area contributed by atoms with Crippen LogP contribution < -0.4 is 0 Å². The maximum atomic E-state index is 12.1. The van der Waals surface area contributed by atoms with E-state index in [0.717, 1.165) is 31.1 Å². The Morgan fingerprint density at radius 2 is 2.32 bits per heavy atom. The average molecular weight is 325 g/mol. The molecule has 0 N–H and O–H groups in total. The molecule has 1 aromatic heterocycles. The van der Waals surface area contributed by atoms with Crippen LogP contribution >= 0.6 is 11.3 Å². The molecule has 2 unspecified atom stereocenters. The first-order chi connectivity index (χ1) is 10.3. The van der Waals surface area contributed by atoms with Gasteiger partial charge < -0.3 is 9.64 Å². The predicted molar refractivity (Wildman–Crippen MR) is 89.1 cm³/mol.